The van der Waals surface area contributed by atoms with Gasteiger partial charge >= 0.3 is 0 Å². The van der Waals surface area contributed by atoms with E-state index in [9.17, 15) is 0 Å². The average Bonchev–Trinajstić information content (AvgIpc) is 2.52. The van der Waals surface area contributed by atoms with Gasteiger partial charge in [-0.1, -0.05) is 13.0 Å². The van der Waals surface area contributed by atoms with Gasteiger partial charge in [0.15, 0.2) is 17.3 Å². The van der Waals surface area contributed by atoms with E-state index in [-0.39, 0.29) is 0 Å². The Balaban J connectivity index is 2.14. The molecule has 5 heteroatoms. The predicted octanol–water partition coefficient (Wildman–Crippen LogP) is 2.98. The van der Waals surface area contributed by atoms with Crippen LogP contribution in [0.25, 0.3) is 0 Å². The lowest BCUT2D eigenvalue weighted by Gasteiger charge is -2.12. The Morgan fingerprint density at radius 1 is 1.14 bits per heavy atom. The van der Waals surface area contributed by atoms with Crippen molar-refractivity contribution in [2.45, 2.75) is 26.9 Å². The second kappa shape index (κ2) is 6.92. The molecule has 1 aromatic carbocycles. The van der Waals surface area contributed by atoms with Gasteiger partial charge in [-0.05, 0) is 31.0 Å². The first-order valence-corrected chi connectivity index (χ1v) is 6.98. The van der Waals surface area contributed by atoms with Crippen molar-refractivity contribution in [3.8, 4) is 11.5 Å². The van der Waals surface area contributed by atoms with Gasteiger partial charge in [-0.2, -0.15) is 0 Å². The maximum atomic E-state index is 5.79. The van der Waals surface area contributed by atoms with Crippen molar-refractivity contribution < 1.29 is 9.47 Å². The highest BCUT2D eigenvalue weighted by atomic mass is 16.5. The fraction of sp³-hybridized carbons (Fsp3) is 0.375. The van der Waals surface area contributed by atoms with Gasteiger partial charge in [0, 0.05) is 18.8 Å². The number of hydrogen-bond acceptors (Lipinski definition) is 5. The van der Waals surface area contributed by atoms with Gasteiger partial charge in [0.25, 0.3) is 0 Å². The third kappa shape index (κ3) is 3.84. The Morgan fingerprint density at radius 2 is 1.95 bits per heavy atom. The first kappa shape index (κ1) is 15.1. The molecule has 0 aliphatic carbocycles. The Bertz CT molecular complexity index is 614. The van der Waals surface area contributed by atoms with Gasteiger partial charge in [0.1, 0.15) is 12.4 Å². The van der Waals surface area contributed by atoms with E-state index in [0.717, 1.165) is 23.7 Å². The molecular formula is C16H21N3O2. The number of ether oxygens (including phenoxy) is 2. The zero-order chi connectivity index (χ0) is 15.2. The van der Waals surface area contributed by atoms with Crippen LogP contribution in [0.15, 0.2) is 24.3 Å². The van der Waals surface area contributed by atoms with Crippen LogP contribution in [0.3, 0.4) is 0 Å². The van der Waals surface area contributed by atoms with Crippen LogP contribution in [0.4, 0.5) is 5.82 Å². The molecule has 0 unspecified atom stereocenters. The molecule has 5 nitrogen and oxygen atoms in total. The van der Waals surface area contributed by atoms with Crippen molar-refractivity contribution >= 4 is 5.82 Å². The summed E-state index contributed by atoms with van der Waals surface area (Å²) in [6, 6.07) is 7.84. The van der Waals surface area contributed by atoms with Crippen molar-refractivity contribution in [1.82, 2.24) is 9.97 Å². The van der Waals surface area contributed by atoms with E-state index in [1.165, 1.54) is 5.56 Å². The molecule has 0 aliphatic heterocycles. The van der Waals surface area contributed by atoms with Gasteiger partial charge in [-0.25, -0.2) is 9.97 Å². The van der Waals surface area contributed by atoms with Crippen molar-refractivity contribution in [2.24, 2.45) is 0 Å². The second-order valence-electron chi connectivity index (χ2n) is 4.69. The Kier molecular flexibility index (Phi) is 4.98. The molecular weight excluding hydrogens is 266 g/mol. The molecule has 0 saturated carbocycles. The highest BCUT2D eigenvalue weighted by Gasteiger charge is 2.07. The highest BCUT2D eigenvalue weighted by Crippen LogP contribution is 2.28. The third-order valence-electron chi connectivity index (χ3n) is 3.15. The third-order valence-corrected chi connectivity index (χ3v) is 3.15. The quantitative estimate of drug-likeness (QED) is 0.885. The molecule has 1 aromatic heterocycles. The zero-order valence-electron chi connectivity index (χ0n) is 12.9. The predicted molar refractivity (Wildman–Crippen MR) is 83.0 cm³/mol. The SMILES string of the molecule is CCc1ccc(OCc2nc(C)cc(NC)n2)c(OC)c1. The number of hydrogen-bond donors (Lipinski definition) is 1. The minimum absolute atomic E-state index is 0.304. The van der Waals surface area contributed by atoms with Crippen molar-refractivity contribution in [2.75, 3.05) is 19.5 Å². The van der Waals surface area contributed by atoms with E-state index >= 15 is 0 Å². The number of methoxy groups -OCH3 is 1. The number of nitrogens with zero attached hydrogens (tertiary/aromatic N) is 2. The summed E-state index contributed by atoms with van der Waals surface area (Å²) in [5.74, 6) is 2.86. The van der Waals surface area contributed by atoms with Crippen LogP contribution in [0.5, 0.6) is 11.5 Å². The topological polar surface area (TPSA) is 56.3 Å². The van der Waals surface area contributed by atoms with Crippen molar-refractivity contribution in [1.29, 1.82) is 0 Å². The summed E-state index contributed by atoms with van der Waals surface area (Å²) in [5.41, 5.74) is 2.12. The van der Waals surface area contributed by atoms with E-state index in [1.54, 1.807) is 7.11 Å². The Morgan fingerprint density at radius 3 is 2.62 bits per heavy atom. The van der Waals surface area contributed by atoms with Gasteiger partial charge in [-0.15, -0.1) is 0 Å². The molecule has 1 N–H and O–H groups in total. The van der Waals surface area contributed by atoms with Crippen LogP contribution in [-0.2, 0) is 13.0 Å². The maximum absolute atomic E-state index is 5.79. The van der Waals surface area contributed by atoms with E-state index in [4.69, 9.17) is 9.47 Å². The lowest BCUT2D eigenvalue weighted by atomic mass is 10.1. The normalized spacial score (nSPS) is 10.3. The molecule has 112 valence electrons. The van der Waals surface area contributed by atoms with E-state index in [0.29, 0.717) is 18.2 Å². The molecule has 0 radical (unpaired) electrons. The summed E-state index contributed by atoms with van der Waals surface area (Å²) in [4.78, 5) is 8.74. The van der Waals surface area contributed by atoms with Crippen LogP contribution in [-0.4, -0.2) is 24.1 Å². The zero-order valence-corrected chi connectivity index (χ0v) is 12.9. The number of rotatable bonds is 6. The summed E-state index contributed by atoms with van der Waals surface area (Å²) in [7, 11) is 3.48. The molecule has 0 amide bonds. The monoisotopic (exact) mass is 287 g/mol. The average molecular weight is 287 g/mol. The Hall–Kier alpha value is -2.30. The smallest absolute Gasteiger partial charge is 0.168 e. The summed E-state index contributed by atoms with van der Waals surface area (Å²) in [6.45, 7) is 4.34. The van der Waals surface area contributed by atoms with Crippen molar-refractivity contribution in [3.63, 3.8) is 0 Å². The van der Waals surface area contributed by atoms with Crippen LogP contribution in [0.1, 0.15) is 24.0 Å². The van der Waals surface area contributed by atoms with E-state index in [1.807, 2.05) is 38.2 Å². The summed E-state index contributed by atoms with van der Waals surface area (Å²) >= 11 is 0. The largest absolute Gasteiger partial charge is 0.493 e. The maximum Gasteiger partial charge on any atom is 0.168 e. The lowest BCUT2D eigenvalue weighted by molar-refractivity contribution is 0.276. The molecule has 0 fully saturated rings. The van der Waals surface area contributed by atoms with Gasteiger partial charge in [-0.3, -0.25) is 0 Å². The van der Waals surface area contributed by atoms with Gasteiger partial charge in [0.05, 0.1) is 7.11 Å². The lowest BCUT2D eigenvalue weighted by Crippen LogP contribution is -2.06. The van der Waals surface area contributed by atoms with Crippen LogP contribution < -0.4 is 14.8 Å². The first-order valence-electron chi connectivity index (χ1n) is 6.98. The second-order valence-corrected chi connectivity index (χ2v) is 4.69. The molecule has 0 aliphatic rings. The van der Waals surface area contributed by atoms with E-state index in [2.05, 4.69) is 22.2 Å². The fourth-order valence-corrected chi connectivity index (χ4v) is 2.02. The standard InChI is InChI=1S/C16H21N3O2/c1-5-12-6-7-13(14(9-12)20-4)21-10-16-18-11(2)8-15(17-3)19-16/h6-9H,5,10H2,1-4H3,(H,17,18,19). The van der Waals surface area contributed by atoms with Crippen LogP contribution in [0, 0.1) is 6.92 Å². The fourth-order valence-electron chi connectivity index (χ4n) is 2.02. The molecule has 0 atom stereocenters. The van der Waals surface area contributed by atoms with Crippen LogP contribution in [0.2, 0.25) is 0 Å². The van der Waals surface area contributed by atoms with Crippen molar-refractivity contribution in [3.05, 3.63) is 41.3 Å². The number of aromatic nitrogens is 2. The molecule has 2 aromatic rings. The molecule has 0 bridgehead atoms. The first-order chi connectivity index (χ1) is 10.2. The summed E-state index contributed by atoms with van der Waals surface area (Å²) in [5, 5.41) is 3.01. The molecule has 1 heterocycles. The number of nitrogens with one attached hydrogen (secondary N) is 1. The molecule has 21 heavy (non-hydrogen) atoms. The number of anilines is 1. The highest BCUT2D eigenvalue weighted by molar-refractivity contribution is 5.43. The van der Waals surface area contributed by atoms with E-state index < -0.39 is 0 Å². The Labute approximate surface area is 125 Å². The molecule has 0 saturated heterocycles. The number of benzene rings is 1. The van der Waals surface area contributed by atoms with Gasteiger partial charge < -0.3 is 14.8 Å². The molecule has 2 rings (SSSR count). The minimum Gasteiger partial charge on any atom is -0.493 e. The molecule has 0 spiro atoms. The van der Waals surface area contributed by atoms with Gasteiger partial charge in [0.2, 0.25) is 0 Å². The summed E-state index contributed by atoms with van der Waals surface area (Å²) < 4.78 is 11.2. The minimum atomic E-state index is 0.304. The van der Waals surface area contributed by atoms with Crippen LogP contribution >= 0.6 is 0 Å². The summed E-state index contributed by atoms with van der Waals surface area (Å²) in [6.07, 6.45) is 0.961. The number of aryl methyl sites for hydroxylation is 2.